The predicted octanol–water partition coefficient (Wildman–Crippen LogP) is 3.45. The maximum atomic E-state index is 3.36. The molecule has 88 valence electrons. The number of nitrogens with one attached hydrogen (secondary N) is 1. The lowest BCUT2D eigenvalue weighted by Gasteiger charge is -2.44. The first-order valence-corrected chi connectivity index (χ1v) is 6.99. The van der Waals surface area contributed by atoms with Gasteiger partial charge in [-0.3, -0.25) is 0 Å². The minimum atomic E-state index is 1.01. The van der Waals surface area contributed by atoms with Crippen LogP contribution in [0.4, 0.5) is 0 Å². The van der Waals surface area contributed by atoms with E-state index >= 15 is 0 Å². The van der Waals surface area contributed by atoms with Crippen LogP contribution in [-0.4, -0.2) is 13.6 Å². The molecular formula is C14H27N. The highest BCUT2D eigenvalue weighted by Crippen LogP contribution is 2.46. The van der Waals surface area contributed by atoms with E-state index in [4.69, 9.17) is 0 Å². The van der Waals surface area contributed by atoms with Crippen LogP contribution in [0.5, 0.6) is 0 Å². The highest BCUT2D eigenvalue weighted by molar-refractivity contribution is 4.88. The third kappa shape index (κ3) is 2.55. The largest absolute Gasteiger partial charge is 0.319 e. The van der Waals surface area contributed by atoms with Crippen LogP contribution < -0.4 is 5.32 Å². The highest BCUT2D eigenvalue weighted by Gasteiger charge is 2.37. The topological polar surface area (TPSA) is 12.0 Å². The van der Waals surface area contributed by atoms with Crippen LogP contribution in [0, 0.1) is 23.7 Å². The van der Waals surface area contributed by atoms with Crippen molar-refractivity contribution in [3.63, 3.8) is 0 Å². The molecule has 0 bridgehead atoms. The lowest BCUT2D eigenvalue weighted by molar-refractivity contribution is 0.0683. The van der Waals surface area contributed by atoms with Gasteiger partial charge in [0.25, 0.3) is 0 Å². The van der Waals surface area contributed by atoms with Gasteiger partial charge in [0.15, 0.2) is 0 Å². The molecule has 0 aromatic heterocycles. The average Bonchev–Trinajstić information content (AvgIpc) is 2.25. The SMILES string of the molecule is CCC1CCC(C2CCC2CNC)CC1. The van der Waals surface area contributed by atoms with Gasteiger partial charge in [0.05, 0.1) is 0 Å². The summed E-state index contributed by atoms with van der Waals surface area (Å²) in [5.41, 5.74) is 0. The second-order valence-corrected chi connectivity index (χ2v) is 5.75. The fraction of sp³-hybridized carbons (Fsp3) is 1.00. The Balaban J connectivity index is 1.75. The van der Waals surface area contributed by atoms with Gasteiger partial charge in [-0.25, -0.2) is 0 Å². The molecule has 1 N–H and O–H groups in total. The Morgan fingerprint density at radius 3 is 2.20 bits per heavy atom. The van der Waals surface area contributed by atoms with Gasteiger partial charge in [-0.05, 0) is 62.9 Å². The van der Waals surface area contributed by atoms with Crippen LogP contribution in [0.25, 0.3) is 0 Å². The van der Waals surface area contributed by atoms with Crippen LogP contribution in [0.15, 0.2) is 0 Å². The van der Waals surface area contributed by atoms with Crippen LogP contribution >= 0.6 is 0 Å². The summed E-state index contributed by atoms with van der Waals surface area (Å²) in [6, 6.07) is 0. The minimum absolute atomic E-state index is 1.01. The first-order chi connectivity index (χ1) is 7.35. The van der Waals surface area contributed by atoms with Crippen molar-refractivity contribution in [2.24, 2.45) is 23.7 Å². The Kier molecular flexibility index (Phi) is 4.07. The van der Waals surface area contributed by atoms with E-state index in [0.29, 0.717) is 0 Å². The first-order valence-electron chi connectivity index (χ1n) is 6.99. The quantitative estimate of drug-likeness (QED) is 0.748. The zero-order valence-electron chi connectivity index (χ0n) is 10.5. The smallest absolute Gasteiger partial charge is 0.00208 e. The summed E-state index contributed by atoms with van der Waals surface area (Å²) in [6.45, 7) is 3.62. The van der Waals surface area contributed by atoms with E-state index in [2.05, 4.69) is 19.3 Å². The minimum Gasteiger partial charge on any atom is -0.319 e. The van der Waals surface area contributed by atoms with E-state index in [0.717, 1.165) is 23.7 Å². The van der Waals surface area contributed by atoms with Gasteiger partial charge in [-0.15, -0.1) is 0 Å². The number of rotatable bonds is 4. The molecule has 2 aliphatic carbocycles. The third-order valence-electron chi connectivity index (χ3n) is 5.02. The van der Waals surface area contributed by atoms with Crippen molar-refractivity contribution in [3.05, 3.63) is 0 Å². The van der Waals surface area contributed by atoms with E-state index < -0.39 is 0 Å². The molecule has 2 rings (SSSR count). The van der Waals surface area contributed by atoms with Crippen LogP contribution in [0.1, 0.15) is 51.9 Å². The molecule has 0 aliphatic heterocycles. The second-order valence-electron chi connectivity index (χ2n) is 5.75. The second kappa shape index (κ2) is 5.34. The average molecular weight is 209 g/mol. The van der Waals surface area contributed by atoms with Gasteiger partial charge in [0.1, 0.15) is 0 Å². The highest BCUT2D eigenvalue weighted by atomic mass is 14.8. The fourth-order valence-electron chi connectivity index (χ4n) is 3.76. The molecule has 0 heterocycles. The summed E-state index contributed by atoms with van der Waals surface area (Å²) in [5, 5.41) is 3.36. The molecule has 2 fully saturated rings. The van der Waals surface area contributed by atoms with Crippen molar-refractivity contribution in [3.8, 4) is 0 Å². The Hall–Kier alpha value is -0.0400. The Morgan fingerprint density at radius 2 is 1.73 bits per heavy atom. The molecule has 2 unspecified atom stereocenters. The van der Waals surface area contributed by atoms with Gasteiger partial charge in [0.2, 0.25) is 0 Å². The molecule has 2 aliphatic rings. The summed E-state index contributed by atoms with van der Waals surface area (Å²) >= 11 is 0. The molecule has 1 heteroatoms. The van der Waals surface area contributed by atoms with Crippen molar-refractivity contribution in [1.82, 2.24) is 5.32 Å². The van der Waals surface area contributed by atoms with Gasteiger partial charge >= 0.3 is 0 Å². The van der Waals surface area contributed by atoms with Gasteiger partial charge in [-0.2, -0.15) is 0 Å². The molecule has 0 aromatic carbocycles. The lowest BCUT2D eigenvalue weighted by atomic mass is 9.62. The molecule has 0 spiro atoms. The molecule has 2 saturated carbocycles. The van der Waals surface area contributed by atoms with Gasteiger partial charge in [0, 0.05) is 0 Å². The van der Waals surface area contributed by atoms with Gasteiger partial charge < -0.3 is 5.32 Å². The van der Waals surface area contributed by atoms with Crippen molar-refractivity contribution in [2.75, 3.05) is 13.6 Å². The van der Waals surface area contributed by atoms with Crippen molar-refractivity contribution >= 4 is 0 Å². The third-order valence-corrected chi connectivity index (χ3v) is 5.02. The van der Waals surface area contributed by atoms with E-state index in [1.165, 1.54) is 51.5 Å². The van der Waals surface area contributed by atoms with Crippen molar-refractivity contribution in [2.45, 2.75) is 51.9 Å². The normalized spacial score (nSPS) is 41.2. The molecule has 2 atom stereocenters. The Bertz CT molecular complexity index is 182. The predicted molar refractivity (Wildman–Crippen MR) is 65.9 cm³/mol. The summed E-state index contributed by atoms with van der Waals surface area (Å²) in [5.74, 6) is 4.23. The summed E-state index contributed by atoms with van der Waals surface area (Å²) in [6.07, 6.45) is 10.5. The van der Waals surface area contributed by atoms with Crippen LogP contribution in [0.2, 0.25) is 0 Å². The molecule has 0 aromatic rings. The van der Waals surface area contributed by atoms with E-state index in [-0.39, 0.29) is 0 Å². The van der Waals surface area contributed by atoms with Crippen molar-refractivity contribution < 1.29 is 0 Å². The number of hydrogen-bond donors (Lipinski definition) is 1. The molecular weight excluding hydrogens is 182 g/mol. The first kappa shape index (κ1) is 11.4. The molecule has 1 nitrogen and oxygen atoms in total. The monoisotopic (exact) mass is 209 g/mol. The fourth-order valence-corrected chi connectivity index (χ4v) is 3.76. The molecule has 15 heavy (non-hydrogen) atoms. The van der Waals surface area contributed by atoms with Crippen LogP contribution in [0.3, 0.4) is 0 Å². The summed E-state index contributed by atoms with van der Waals surface area (Å²) in [7, 11) is 2.10. The molecule has 0 saturated heterocycles. The van der Waals surface area contributed by atoms with Crippen molar-refractivity contribution in [1.29, 1.82) is 0 Å². The zero-order valence-corrected chi connectivity index (χ0v) is 10.5. The summed E-state index contributed by atoms with van der Waals surface area (Å²) in [4.78, 5) is 0. The van der Waals surface area contributed by atoms with Crippen LogP contribution in [-0.2, 0) is 0 Å². The summed E-state index contributed by atoms with van der Waals surface area (Å²) < 4.78 is 0. The zero-order chi connectivity index (χ0) is 10.7. The molecule has 0 radical (unpaired) electrons. The Labute approximate surface area is 95.0 Å². The standard InChI is InChI=1S/C14H27N/c1-3-11-4-6-12(7-5-11)14-9-8-13(14)10-15-2/h11-15H,3-10H2,1-2H3. The van der Waals surface area contributed by atoms with E-state index in [1.54, 1.807) is 0 Å². The maximum absolute atomic E-state index is 3.36. The Morgan fingerprint density at radius 1 is 1.00 bits per heavy atom. The van der Waals surface area contributed by atoms with E-state index in [9.17, 15) is 0 Å². The molecule has 0 amide bonds. The maximum Gasteiger partial charge on any atom is -0.00208 e. The van der Waals surface area contributed by atoms with E-state index in [1.807, 2.05) is 0 Å². The van der Waals surface area contributed by atoms with Gasteiger partial charge in [-0.1, -0.05) is 26.2 Å². The lowest BCUT2D eigenvalue weighted by Crippen LogP contribution is -2.39. The number of hydrogen-bond acceptors (Lipinski definition) is 1.